The van der Waals surface area contributed by atoms with Crippen molar-refractivity contribution in [3.8, 4) is 6.07 Å². The van der Waals surface area contributed by atoms with E-state index in [1.807, 2.05) is 38.1 Å². The number of imidazole rings is 1. The molecule has 1 aromatic carbocycles. The van der Waals surface area contributed by atoms with E-state index in [0.717, 1.165) is 40.3 Å². The van der Waals surface area contributed by atoms with Crippen molar-refractivity contribution in [2.75, 3.05) is 24.8 Å². The lowest BCUT2D eigenvalue weighted by atomic mass is 10.2. The number of amides is 1. The third kappa shape index (κ3) is 4.27. The van der Waals surface area contributed by atoms with Crippen LogP contribution in [0, 0.1) is 25.2 Å². The molecule has 4 rings (SSSR count). The summed E-state index contributed by atoms with van der Waals surface area (Å²) in [6.07, 6.45) is 4.54. The molecule has 0 spiro atoms. The second-order valence-corrected chi connectivity index (χ2v) is 9.16. The topological polar surface area (TPSA) is 84.9 Å². The number of fused-ring (bicyclic) bond motifs is 1. The van der Waals surface area contributed by atoms with Crippen molar-refractivity contribution in [1.29, 1.82) is 5.26 Å². The van der Waals surface area contributed by atoms with Crippen molar-refractivity contribution in [3.63, 3.8) is 0 Å². The Bertz CT molecular complexity index is 1170. The van der Waals surface area contributed by atoms with Crippen molar-refractivity contribution < 1.29 is 9.53 Å². The van der Waals surface area contributed by atoms with E-state index in [1.54, 1.807) is 7.11 Å². The van der Waals surface area contributed by atoms with Gasteiger partial charge in [0.1, 0.15) is 11.9 Å². The molecule has 0 bridgehead atoms. The number of hydrogen-bond donors (Lipinski definition) is 1. The number of nitrogens with zero attached hydrogens (tertiary/aromatic N) is 4. The number of rotatable bonds is 8. The zero-order chi connectivity index (χ0) is 22.7. The minimum Gasteiger partial charge on any atom is -0.383 e. The van der Waals surface area contributed by atoms with E-state index in [9.17, 15) is 10.1 Å². The molecule has 0 unspecified atom stereocenters. The molecular weight excluding hydrogens is 422 g/mol. The van der Waals surface area contributed by atoms with Crippen LogP contribution < -0.4 is 5.32 Å². The second kappa shape index (κ2) is 9.80. The van der Waals surface area contributed by atoms with Crippen LogP contribution in [0.1, 0.15) is 48.5 Å². The number of carbonyl (C=O) groups is 1. The smallest absolute Gasteiger partial charge is 0.235 e. The Morgan fingerprint density at radius 2 is 2.06 bits per heavy atom. The Balaban J connectivity index is 1.54. The molecule has 1 amide bonds. The van der Waals surface area contributed by atoms with Crippen molar-refractivity contribution >= 4 is 34.5 Å². The number of nitriles is 1. The average Bonchev–Trinajstić information content (AvgIpc) is 3.49. The summed E-state index contributed by atoms with van der Waals surface area (Å²) in [6.45, 7) is 5.24. The summed E-state index contributed by atoms with van der Waals surface area (Å²) in [5, 5.41) is 13.6. The maximum absolute atomic E-state index is 13.0. The molecule has 1 aliphatic carbocycles. The number of methoxy groups -OCH3 is 1. The number of anilines is 1. The van der Waals surface area contributed by atoms with E-state index in [1.165, 1.54) is 24.6 Å². The molecule has 1 fully saturated rings. The third-order valence-electron chi connectivity index (χ3n) is 6.29. The molecule has 168 valence electrons. The molecule has 1 N–H and O–H groups in total. The fraction of sp³-hybridized carbons (Fsp3) is 0.458. The van der Waals surface area contributed by atoms with E-state index in [0.29, 0.717) is 30.6 Å². The van der Waals surface area contributed by atoms with Gasteiger partial charge in [0, 0.05) is 25.4 Å². The van der Waals surface area contributed by atoms with Crippen molar-refractivity contribution in [1.82, 2.24) is 14.1 Å². The van der Waals surface area contributed by atoms with Crippen LogP contribution in [0.4, 0.5) is 5.82 Å². The van der Waals surface area contributed by atoms with Gasteiger partial charge in [0.15, 0.2) is 5.16 Å². The fourth-order valence-corrected chi connectivity index (χ4v) is 5.41. The Morgan fingerprint density at radius 1 is 1.31 bits per heavy atom. The highest BCUT2D eigenvalue weighted by Gasteiger charge is 2.26. The van der Waals surface area contributed by atoms with E-state index in [-0.39, 0.29) is 11.7 Å². The Labute approximate surface area is 192 Å². The summed E-state index contributed by atoms with van der Waals surface area (Å²) in [7, 11) is 1.68. The first-order chi connectivity index (χ1) is 15.5. The van der Waals surface area contributed by atoms with Crippen LogP contribution in [0.25, 0.3) is 11.0 Å². The van der Waals surface area contributed by atoms with Crippen LogP contribution in [0.2, 0.25) is 0 Å². The lowest BCUT2D eigenvalue weighted by Gasteiger charge is -2.19. The van der Waals surface area contributed by atoms with Gasteiger partial charge in [0.05, 0.1) is 29.0 Å². The number of aromatic nitrogens is 3. The minimum atomic E-state index is -0.131. The molecule has 0 atom stereocenters. The molecule has 8 heteroatoms. The standard InChI is InChI=1S/C24H29N5O2S/c1-16-17(2)29(18-8-4-5-9-18)23(19(16)14-25)27-22(30)15-32-24-26-20-10-6-7-11-21(20)28(24)12-13-31-3/h6-7,10-11,18H,4-5,8-9,12-13,15H2,1-3H3,(H,27,30). The molecule has 7 nitrogen and oxygen atoms in total. The Hall–Kier alpha value is -2.76. The normalized spacial score (nSPS) is 14.2. The maximum Gasteiger partial charge on any atom is 0.235 e. The lowest BCUT2D eigenvalue weighted by molar-refractivity contribution is -0.113. The van der Waals surface area contributed by atoms with E-state index < -0.39 is 0 Å². The van der Waals surface area contributed by atoms with Crippen molar-refractivity contribution in [2.24, 2.45) is 0 Å². The molecule has 2 aromatic heterocycles. The molecule has 0 radical (unpaired) electrons. The van der Waals surface area contributed by atoms with Crippen LogP contribution in [0.3, 0.4) is 0 Å². The first-order valence-corrected chi connectivity index (χ1v) is 12.0. The summed E-state index contributed by atoms with van der Waals surface area (Å²) in [5.41, 5.74) is 4.52. The SMILES string of the molecule is COCCn1c(SCC(=O)Nc2c(C#N)c(C)c(C)n2C2CCCC2)nc2ccccc21. The molecule has 1 aliphatic rings. The number of carbonyl (C=O) groups excluding carboxylic acids is 1. The van der Waals surface area contributed by atoms with Crippen LogP contribution >= 0.6 is 11.8 Å². The molecule has 2 heterocycles. The third-order valence-corrected chi connectivity index (χ3v) is 7.26. The van der Waals surface area contributed by atoms with Crippen LogP contribution in [0.15, 0.2) is 29.4 Å². The molecule has 32 heavy (non-hydrogen) atoms. The molecule has 3 aromatic rings. The minimum absolute atomic E-state index is 0.131. The number of thioether (sulfide) groups is 1. The zero-order valence-corrected chi connectivity index (χ0v) is 19.7. The van der Waals surface area contributed by atoms with Gasteiger partial charge in [-0.05, 0) is 44.4 Å². The summed E-state index contributed by atoms with van der Waals surface area (Å²) in [4.78, 5) is 17.7. The van der Waals surface area contributed by atoms with Gasteiger partial charge in [-0.15, -0.1) is 0 Å². The Morgan fingerprint density at radius 3 is 2.78 bits per heavy atom. The van der Waals surface area contributed by atoms with Gasteiger partial charge < -0.3 is 19.2 Å². The summed E-state index contributed by atoms with van der Waals surface area (Å²) in [6, 6.07) is 10.6. The molecule has 0 aliphatic heterocycles. The van der Waals surface area contributed by atoms with Gasteiger partial charge in [-0.3, -0.25) is 4.79 Å². The van der Waals surface area contributed by atoms with Crippen LogP contribution in [0.5, 0.6) is 0 Å². The van der Waals surface area contributed by atoms with Gasteiger partial charge >= 0.3 is 0 Å². The fourth-order valence-electron chi connectivity index (χ4n) is 4.57. The zero-order valence-electron chi connectivity index (χ0n) is 18.9. The predicted octanol–water partition coefficient (Wildman–Crippen LogP) is 4.82. The predicted molar refractivity (Wildman–Crippen MR) is 127 cm³/mol. The highest BCUT2D eigenvalue weighted by atomic mass is 32.2. The number of ether oxygens (including phenoxy) is 1. The van der Waals surface area contributed by atoms with Crippen molar-refractivity contribution in [3.05, 3.63) is 41.1 Å². The first-order valence-electron chi connectivity index (χ1n) is 11.0. The van der Waals surface area contributed by atoms with Gasteiger partial charge in [-0.25, -0.2) is 4.98 Å². The number of para-hydroxylation sites is 2. The van der Waals surface area contributed by atoms with Gasteiger partial charge in [0.2, 0.25) is 5.91 Å². The van der Waals surface area contributed by atoms with E-state index >= 15 is 0 Å². The summed E-state index contributed by atoms with van der Waals surface area (Å²) >= 11 is 1.41. The quantitative estimate of drug-likeness (QED) is 0.497. The molecule has 1 saturated carbocycles. The van der Waals surface area contributed by atoms with E-state index in [2.05, 4.69) is 20.5 Å². The summed E-state index contributed by atoms with van der Waals surface area (Å²) < 4.78 is 9.52. The highest BCUT2D eigenvalue weighted by molar-refractivity contribution is 7.99. The highest BCUT2D eigenvalue weighted by Crippen LogP contribution is 2.37. The molecular formula is C24H29N5O2S. The van der Waals surface area contributed by atoms with Gasteiger partial charge in [0.25, 0.3) is 0 Å². The number of hydrogen-bond acceptors (Lipinski definition) is 5. The first kappa shape index (κ1) is 22.4. The number of nitrogens with one attached hydrogen (secondary N) is 1. The van der Waals surface area contributed by atoms with Crippen LogP contribution in [-0.4, -0.2) is 39.5 Å². The lowest BCUT2D eigenvalue weighted by Crippen LogP contribution is -2.20. The number of benzene rings is 1. The monoisotopic (exact) mass is 451 g/mol. The maximum atomic E-state index is 13.0. The Kier molecular flexibility index (Phi) is 6.87. The molecule has 0 saturated heterocycles. The summed E-state index contributed by atoms with van der Waals surface area (Å²) in [5.74, 6) is 0.733. The van der Waals surface area contributed by atoms with Crippen molar-refractivity contribution in [2.45, 2.75) is 57.3 Å². The average molecular weight is 452 g/mol. The largest absolute Gasteiger partial charge is 0.383 e. The second-order valence-electron chi connectivity index (χ2n) is 8.22. The van der Waals surface area contributed by atoms with Crippen LogP contribution in [-0.2, 0) is 16.1 Å². The van der Waals surface area contributed by atoms with Gasteiger partial charge in [-0.2, -0.15) is 5.26 Å². The van der Waals surface area contributed by atoms with E-state index in [4.69, 9.17) is 9.72 Å². The van der Waals surface area contributed by atoms with Gasteiger partial charge in [-0.1, -0.05) is 36.7 Å².